The molecule has 120 valence electrons. The second-order valence-electron chi connectivity index (χ2n) is 4.29. The molecule has 0 aliphatic carbocycles. The van der Waals surface area contributed by atoms with Gasteiger partial charge in [-0.1, -0.05) is 45.4 Å². The highest BCUT2D eigenvalue weighted by Crippen LogP contribution is 2.31. The van der Waals surface area contributed by atoms with Crippen molar-refractivity contribution in [2.24, 2.45) is 0 Å². The lowest BCUT2D eigenvalue weighted by molar-refractivity contribution is -0.196. The van der Waals surface area contributed by atoms with Crippen LogP contribution in [0.25, 0.3) is 11.4 Å². The van der Waals surface area contributed by atoms with Crippen molar-refractivity contribution in [3.8, 4) is 11.4 Å². The molecular weight excluding hydrogens is 369 g/mol. The maximum Gasteiger partial charge on any atom is 0.471 e. The largest absolute Gasteiger partial charge is 0.471 e. The smallest absolute Gasteiger partial charge is 0.349 e. The van der Waals surface area contributed by atoms with Gasteiger partial charge in [0.25, 0.3) is 0 Å². The number of aromatic nitrogens is 2. The second-order valence-corrected chi connectivity index (χ2v) is 4.85. The highest BCUT2D eigenvalue weighted by molar-refractivity contribution is 9.09. The molecule has 2 rings (SSSR count). The monoisotopic (exact) mass is 380 g/mol. The van der Waals surface area contributed by atoms with E-state index in [1.54, 1.807) is 24.3 Å². The summed E-state index contributed by atoms with van der Waals surface area (Å²) in [6, 6.07) is 6.45. The highest BCUT2D eigenvalue weighted by atomic mass is 79.9. The van der Waals surface area contributed by atoms with E-state index in [2.05, 4.69) is 30.6 Å². The maximum absolute atomic E-state index is 12.4. The molecule has 0 saturated carbocycles. The van der Waals surface area contributed by atoms with Gasteiger partial charge in [0.05, 0.1) is 5.33 Å². The standard InChI is InChI=1S/C13H12BrF3N2O3/c1-20-12(7-14,21-2)9-5-3-8(4-6-9)10-18-11(22-19-10)13(15,16)17/h3-6H,7H2,1-2H3. The van der Waals surface area contributed by atoms with Crippen LogP contribution in [-0.2, 0) is 21.4 Å². The third-order valence-electron chi connectivity index (χ3n) is 3.09. The van der Waals surface area contributed by atoms with E-state index in [0.717, 1.165) is 0 Å². The summed E-state index contributed by atoms with van der Waals surface area (Å²) >= 11 is 3.30. The maximum atomic E-state index is 12.4. The van der Waals surface area contributed by atoms with Crippen molar-refractivity contribution in [1.82, 2.24) is 10.1 Å². The van der Waals surface area contributed by atoms with Gasteiger partial charge in [0.2, 0.25) is 11.6 Å². The summed E-state index contributed by atoms with van der Waals surface area (Å²) in [5.41, 5.74) is 1.08. The molecule has 0 fully saturated rings. The molecule has 5 nitrogen and oxygen atoms in total. The quantitative estimate of drug-likeness (QED) is 0.585. The number of hydrogen-bond donors (Lipinski definition) is 0. The van der Waals surface area contributed by atoms with Crippen molar-refractivity contribution in [3.63, 3.8) is 0 Å². The third-order valence-corrected chi connectivity index (χ3v) is 3.83. The molecule has 0 atom stereocenters. The average Bonchev–Trinajstić information content (AvgIpc) is 3.00. The fraction of sp³-hybridized carbons (Fsp3) is 0.385. The van der Waals surface area contributed by atoms with Crippen molar-refractivity contribution in [3.05, 3.63) is 35.7 Å². The summed E-state index contributed by atoms with van der Waals surface area (Å²) in [5.74, 6) is -2.50. The molecule has 1 aromatic heterocycles. The Bertz CT molecular complexity index is 616. The molecule has 9 heteroatoms. The SMILES string of the molecule is COC(CBr)(OC)c1ccc(-c2noc(C(F)(F)F)n2)cc1. The summed E-state index contributed by atoms with van der Waals surface area (Å²) in [5, 5.41) is 3.71. The van der Waals surface area contributed by atoms with Crippen LogP contribution >= 0.6 is 15.9 Å². The minimum absolute atomic E-state index is 0.141. The summed E-state index contributed by atoms with van der Waals surface area (Å²) in [6.45, 7) is 0. The first kappa shape index (κ1) is 16.9. The Labute approximate surface area is 132 Å². The number of ether oxygens (including phenoxy) is 2. The molecule has 0 radical (unpaired) electrons. The molecule has 22 heavy (non-hydrogen) atoms. The third kappa shape index (κ3) is 3.16. The Morgan fingerprint density at radius 1 is 1.14 bits per heavy atom. The van der Waals surface area contributed by atoms with E-state index in [9.17, 15) is 13.2 Å². The van der Waals surface area contributed by atoms with E-state index in [-0.39, 0.29) is 5.82 Å². The van der Waals surface area contributed by atoms with Crippen LogP contribution < -0.4 is 0 Å². The molecule has 1 aromatic carbocycles. The molecule has 0 aliphatic heterocycles. The second kappa shape index (κ2) is 6.35. The van der Waals surface area contributed by atoms with Gasteiger partial charge in [-0.2, -0.15) is 18.2 Å². The lowest BCUT2D eigenvalue weighted by atomic mass is 10.0. The highest BCUT2D eigenvalue weighted by Gasteiger charge is 2.38. The summed E-state index contributed by atoms with van der Waals surface area (Å²) < 4.78 is 52.2. The minimum Gasteiger partial charge on any atom is -0.349 e. The molecule has 0 unspecified atom stereocenters. The number of alkyl halides is 4. The van der Waals surface area contributed by atoms with Crippen LogP contribution in [0.2, 0.25) is 0 Å². The number of benzene rings is 1. The zero-order chi connectivity index (χ0) is 16.4. The van der Waals surface area contributed by atoms with E-state index in [4.69, 9.17) is 9.47 Å². The molecule has 0 bridgehead atoms. The topological polar surface area (TPSA) is 57.4 Å². The molecule has 0 amide bonds. The van der Waals surface area contributed by atoms with Crippen LogP contribution in [0.3, 0.4) is 0 Å². The Hall–Kier alpha value is -1.45. The van der Waals surface area contributed by atoms with Gasteiger partial charge in [0, 0.05) is 25.3 Å². The summed E-state index contributed by atoms with van der Waals surface area (Å²) in [4.78, 5) is 3.33. The van der Waals surface area contributed by atoms with E-state index in [1.165, 1.54) is 14.2 Å². The van der Waals surface area contributed by atoms with Crippen LogP contribution in [0.4, 0.5) is 13.2 Å². The Kier molecular flexibility index (Phi) is 4.88. The van der Waals surface area contributed by atoms with Crippen molar-refractivity contribution >= 4 is 15.9 Å². The Morgan fingerprint density at radius 2 is 1.73 bits per heavy atom. The van der Waals surface area contributed by atoms with Gasteiger partial charge in [-0.3, -0.25) is 0 Å². The van der Waals surface area contributed by atoms with E-state index in [0.29, 0.717) is 16.5 Å². The fourth-order valence-electron chi connectivity index (χ4n) is 1.83. The predicted molar refractivity (Wildman–Crippen MR) is 74.2 cm³/mol. The number of halogens is 4. The van der Waals surface area contributed by atoms with Crippen molar-refractivity contribution < 1.29 is 27.2 Å². The van der Waals surface area contributed by atoms with Gasteiger partial charge in [-0.05, 0) is 0 Å². The Balaban J connectivity index is 2.31. The zero-order valence-electron chi connectivity index (χ0n) is 11.6. The molecular formula is C13H12BrF3N2O3. The van der Waals surface area contributed by atoms with Crippen LogP contribution in [0.15, 0.2) is 28.8 Å². The normalized spacial score (nSPS) is 12.6. The van der Waals surface area contributed by atoms with Crippen LogP contribution in [-0.4, -0.2) is 29.7 Å². The minimum atomic E-state index is -4.66. The predicted octanol–water partition coefficient (Wildman–Crippen LogP) is 3.60. The van der Waals surface area contributed by atoms with Crippen LogP contribution in [0.5, 0.6) is 0 Å². The molecule has 1 heterocycles. The summed E-state index contributed by atoms with van der Waals surface area (Å²) in [7, 11) is 2.99. The molecule has 0 aliphatic rings. The number of rotatable bonds is 5. The van der Waals surface area contributed by atoms with Gasteiger partial charge < -0.3 is 14.0 Å². The van der Waals surface area contributed by atoms with Crippen molar-refractivity contribution in [2.75, 3.05) is 19.5 Å². The number of nitrogens with zero attached hydrogens (tertiary/aromatic N) is 2. The molecule has 0 N–H and O–H groups in total. The fourth-order valence-corrected chi connectivity index (χ4v) is 2.62. The molecule has 0 spiro atoms. The summed E-state index contributed by atoms with van der Waals surface area (Å²) in [6.07, 6.45) is -4.66. The van der Waals surface area contributed by atoms with Gasteiger partial charge >= 0.3 is 12.1 Å². The van der Waals surface area contributed by atoms with Crippen molar-refractivity contribution in [1.29, 1.82) is 0 Å². The number of hydrogen-bond acceptors (Lipinski definition) is 5. The van der Waals surface area contributed by atoms with E-state index >= 15 is 0 Å². The van der Waals surface area contributed by atoms with Gasteiger partial charge in [0.15, 0.2) is 0 Å². The van der Waals surface area contributed by atoms with E-state index < -0.39 is 17.9 Å². The first-order chi connectivity index (χ1) is 10.4. The first-order valence-corrected chi connectivity index (χ1v) is 7.16. The zero-order valence-corrected chi connectivity index (χ0v) is 13.2. The lowest BCUT2D eigenvalue weighted by Gasteiger charge is -2.29. The lowest BCUT2D eigenvalue weighted by Crippen LogP contribution is -2.32. The average molecular weight is 381 g/mol. The van der Waals surface area contributed by atoms with Crippen LogP contribution in [0, 0.1) is 0 Å². The van der Waals surface area contributed by atoms with Gasteiger partial charge in [-0.15, -0.1) is 0 Å². The van der Waals surface area contributed by atoms with Crippen LogP contribution in [0.1, 0.15) is 11.5 Å². The molecule has 0 saturated heterocycles. The van der Waals surface area contributed by atoms with Gasteiger partial charge in [0.1, 0.15) is 0 Å². The van der Waals surface area contributed by atoms with Gasteiger partial charge in [-0.25, -0.2) is 0 Å². The van der Waals surface area contributed by atoms with E-state index in [1.807, 2.05) is 0 Å². The van der Waals surface area contributed by atoms with Crippen molar-refractivity contribution in [2.45, 2.75) is 12.0 Å². The Morgan fingerprint density at radius 3 is 2.14 bits per heavy atom. The number of methoxy groups -OCH3 is 2. The first-order valence-electron chi connectivity index (χ1n) is 6.04. The molecule has 2 aromatic rings.